The van der Waals surface area contributed by atoms with Gasteiger partial charge < -0.3 is 19.7 Å². The molecule has 1 rings (SSSR count). The zero-order valence-electron chi connectivity index (χ0n) is 9.72. The fourth-order valence-corrected chi connectivity index (χ4v) is 1.42. The Morgan fingerprint density at radius 3 is 2.78 bits per heavy atom. The second-order valence-corrected chi connectivity index (χ2v) is 3.78. The second-order valence-electron chi connectivity index (χ2n) is 3.34. The van der Waals surface area contributed by atoms with E-state index in [1.54, 1.807) is 6.07 Å². The third-order valence-electron chi connectivity index (χ3n) is 2.06. The highest BCUT2D eigenvalue weighted by atomic mass is 35.5. The first kappa shape index (κ1) is 14.5. The average molecular weight is 273 g/mol. The minimum Gasteiger partial charge on any atom is -0.475 e. The molecule has 0 aromatic heterocycles. The van der Waals surface area contributed by atoms with Crippen LogP contribution in [0.15, 0.2) is 30.0 Å². The zero-order chi connectivity index (χ0) is 13.5. The van der Waals surface area contributed by atoms with Crippen LogP contribution in [0.3, 0.4) is 0 Å². The summed E-state index contributed by atoms with van der Waals surface area (Å²) in [5.41, 5.74) is 0.409. The molecule has 0 spiro atoms. The summed E-state index contributed by atoms with van der Waals surface area (Å²) in [6.45, 7) is -0.184. The van der Waals surface area contributed by atoms with E-state index < -0.39 is 5.97 Å². The van der Waals surface area contributed by atoms with E-state index in [1.807, 2.05) is 0 Å². The van der Waals surface area contributed by atoms with Crippen molar-refractivity contribution in [3.8, 4) is 5.75 Å². The van der Waals surface area contributed by atoms with Crippen molar-refractivity contribution in [2.45, 2.75) is 6.61 Å². The first-order valence-corrected chi connectivity index (χ1v) is 5.45. The first-order chi connectivity index (χ1) is 8.58. The molecule has 1 aromatic carbocycles. The largest absolute Gasteiger partial charge is 0.475 e. The van der Waals surface area contributed by atoms with E-state index in [0.717, 1.165) is 0 Å². The van der Waals surface area contributed by atoms with Crippen LogP contribution in [0.5, 0.6) is 5.75 Å². The topological polar surface area (TPSA) is 76.0 Å². The third kappa shape index (κ3) is 4.03. The Hall–Kier alpha value is -1.56. The first-order valence-electron chi connectivity index (χ1n) is 5.08. The van der Waals surface area contributed by atoms with Gasteiger partial charge in [0.25, 0.3) is 0 Å². The van der Waals surface area contributed by atoms with Gasteiger partial charge in [-0.15, -0.1) is 0 Å². The highest BCUT2D eigenvalue weighted by Gasteiger charge is 2.12. The number of ether oxygens (including phenoxy) is 2. The highest BCUT2D eigenvalue weighted by molar-refractivity contribution is 6.30. The number of aliphatic hydroxyl groups is 1. The van der Waals surface area contributed by atoms with Gasteiger partial charge in [0.1, 0.15) is 5.75 Å². The van der Waals surface area contributed by atoms with Gasteiger partial charge in [-0.05, 0) is 24.3 Å². The lowest BCUT2D eigenvalue weighted by Crippen LogP contribution is -2.10. The molecule has 18 heavy (non-hydrogen) atoms. The molecular formula is C12H13ClO5. The SMILES string of the molecule is COCC=C(Oc1ccc(Cl)cc1CO)C(=O)O. The Bertz CT molecular complexity index is 456. The Kier molecular flexibility index (Phi) is 5.64. The number of rotatable bonds is 6. The van der Waals surface area contributed by atoms with Crippen LogP contribution in [0.1, 0.15) is 5.56 Å². The van der Waals surface area contributed by atoms with E-state index in [4.69, 9.17) is 31.3 Å². The number of benzene rings is 1. The molecule has 0 heterocycles. The van der Waals surface area contributed by atoms with E-state index in [0.29, 0.717) is 10.6 Å². The van der Waals surface area contributed by atoms with Crippen molar-refractivity contribution in [2.24, 2.45) is 0 Å². The second kappa shape index (κ2) is 7.00. The number of carboxylic acids is 1. The number of hydrogen-bond donors (Lipinski definition) is 2. The molecule has 0 saturated heterocycles. The van der Waals surface area contributed by atoms with Crippen molar-refractivity contribution in [1.29, 1.82) is 0 Å². The van der Waals surface area contributed by atoms with Crippen LogP contribution in [0.25, 0.3) is 0 Å². The van der Waals surface area contributed by atoms with E-state index in [9.17, 15) is 4.79 Å². The normalized spacial score (nSPS) is 11.4. The molecule has 0 aliphatic carbocycles. The van der Waals surface area contributed by atoms with Crippen LogP contribution >= 0.6 is 11.6 Å². The van der Waals surface area contributed by atoms with Crippen LogP contribution in [-0.2, 0) is 16.1 Å². The molecule has 1 aromatic rings. The van der Waals surface area contributed by atoms with E-state index in [-0.39, 0.29) is 24.7 Å². The maximum absolute atomic E-state index is 10.9. The smallest absolute Gasteiger partial charge is 0.371 e. The van der Waals surface area contributed by atoms with E-state index >= 15 is 0 Å². The average Bonchev–Trinajstić information content (AvgIpc) is 2.35. The fourth-order valence-electron chi connectivity index (χ4n) is 1.22. The van der Waals surface area contributed by atoms with Crippen LogP contribution < -0.4 is 4.74 Å². The van der Waals surface area contributed by atoms with Crippen LogP contribution in [0.4, 0.5) is 0 Å². The Balaban J connectivity index is 2.97. The predicted molar refractivity (Wildman–Crippen MR) is 65.6 cm³/mol. The van der Waals surface area contributed by atoms with Gasteiger partial charge in [-0.1, -0.05) is 11.6 Å². The summed E-state index contributed by atoms with van der Waals surface area (Å²) in [7, 11) is 1.44. The number of carbonyl (C=O) groups is 1. The summed E-state index contributed by atoms with van der Waals surface area (Å²) in [5, 5.41) is 18.5. The monoisotopic (exact) mass is 272 g/mol. The van der Waals surface area contributed by atoms with Gasteiger partial charge in [-0.3, -0.25) is 0 Å². The molecular weight excluding hydrogens is 260 g/mol. The van der Waals surface area contributed by atoms with Gasteiger partial charge in [0.05, 0.1) is 13.2 Å². The Morgan fingerprint density at radius 1 is 1.50 bits per heavy atom. The molecule has 0 amide bonds. The van der Waals surface area contributed by atoms with Crippen molar-refractivity contribution in [1.82, 2.24) is 0 Å². The Labute approximate surface area is 109 Å². The molecule has 0 bridgehead atoms. The number of halogens is 1. The molecule has 2 N–H and O–H groups in total. The van der Waals surface area contributed by atoms with Crippen molar-refractivity contribution < 1.29 is 24.5 Å². The lowest BCUT2D eigenvalue weighted by molar-refractivity contribution is -0.135. The van der Waals surface area contributed by atoms with Gasteiger partial charge in [0.2, 0.25) is 5.76 Å². The van der Waals surface area contributed by atoms with Crippen LogP contribution in [0, 0.1) is 0 Å². The molecule has 6 heteroatoms. The predicted octanol–water partition coefficient (Wildman–Crippen LogP) is 1.83. The summed E-state index contributed by atoms with van der Waals surface area (Å²) >= 11 is 5.76. The molecule has 0 unspecified atom stereocenters. The molecule has 98 valence electrons. The van der Waals surface area contributed by atoms with Gasteiger partial charge >= 0.3 is 5.97 Å². The van der Waals surface area contributed by atoms with Gasteiger partial charge in [-0.2, -0.15) is 0 Å². The van der Waals surface area contributed by atoms with E-state index in [2.05, 4.69) is 0 Å². The van der Waals surface area contributed by atoms with Crippen molar-refractivity contribution in [3.63, 3.8) is 0 Å². The summed E-state index contributed by atoms with van der Waals surface area (Å²) in [5.74, 6) is -1.24. The number of aliphatic carboxylic acids is 1. The molecule has 5 nitrogen and oxygen atoms in total. The van der Waals surface area contributed by atoms with E-state index in [1.165, 1.54) is 25.3 Å². The number of carboxylic acid groups (broad SMARTS) is 1. The van der Waals surface area contributed by atoms with Crippen LogP contribution in [-0.4, -0.2) is 29.9 Å². The standard InChI is InChI=1S/C12H13ClO5/c1-17-5-4-11(12(15)16)18-10-3-2-9(13)6-8(10)7-14/h2-4,6,14H,5,7H2,1H3,(H,15,16). The number of aliphatic hydroxyl groups excluding tert-OH is 1. The van der Waals surface area contributed by atoms with Gasteiger partial charge in [0.15, 0.2) is 0 Å². The van der Waals surface area contributed by atoms with Crippen molar-refractivity contribution in [3.05, 3.63) is 40.6 Å². The molecule has 0 radical (unpaired) electrons. The molecule has 0 aliphatic rings. The molecule has 0 saturated carbocycles. The van der Waals surface area contributed by atoms with Crippen molar-refractivity contribution in [2.75, 3.05) is 13.7 Å². The van der Waals surface area contributed by atoms with Crippen molar-refractivity contribution >= 4 is 17.6 Å². The summed E-state index contributed by atoms with van der Waals surface area (Å²) < 4.78 is 9.96. The van der Waals surface area contributed by atoms with Gasteiger partial charge in [-0.25, -0.2) is 4.79 Å². The summed E-state index contributed by atoms with van der Waals surface area (Å²) in [4.78, 5) is 10.9. The summed E-state index contributed by atoms with van der Waals surface area (Å²) in [6, 6.07) is 4.55. The lowest BCUT2D eigenvalue weighted by atomic mass is 10.2. The quantitative estimate of drug-likeness (QED) is 0.610. The maximum atomic E-state index is 10.9. The molecule has 0 aliphatic heterocycles. The zero-order valence-corrected chi connectivity index (χ0v) is 10.5. The minimum atomic E-state index is -1.22. The molecule has 0 fully saturated rings. The third-order valence-corrected chi connectivity index (χ3v) is 2.29. The van der Waals surface area contributed by atoms with Gasteiger partial charge in [0, 0.05) is 17.7 Å². The molecule has 0 atom stereocenters. The highest BCUT2D eigenvalue weighted by Crippen LogP contribution is 2.24. The lowest BCUT2D eigenvalue weighted by Gasteiger charge is -2.10. The maximum Gasteiger partial charge on any atom is 0.371 e. The number of hydrogen-bond acceptors (Lipinski definition) is 4. The fraction of sp³-hybridized carbons (Fsp3) is 0.250. The minimum absolute atomic E-state index is 0.115. The summed E-state index contributed by atoms with van der Waals surface area (Å²) in [6.07, 6.45) is 1.29. The van der Waals surface area contributed by atoms with Crippen LogP contribution in [0.2, 0.25) is 5.02 Å². The Morgan fingerprint density at radius 2 is 2.22 bits per heavy atom. The number of methoxy groups -OCH3 is 1.